The average molecular weight is 443 g/mol. The Labute approximate surface area is 188 Å². The van der Waals surface area contributed by atoms with E-state index in [1.807, 2.05) is 55.7 Å². The molecule has 1 aliphatic carbocycles. The number of pyridine rings is 1. The van der Waals surface area contributed by atoms with Gasteiger partial charge in [0.15, 0.2) is 0 Å². The van der Waals surface area contributed by atoms with Crippen molar-refractivity contribution in [3.63, 3.8) is 0 Å². The fourth-order valence-electron chi connectivity index (χ4n) is 3.91. The van der Waals surface area contributed by atoms with Gasteiger partial charge in [0.2, 0.25) is 0 Å². The van der Waals surface area contributed by atoms with Gasteiger partial charge >= 0.3 is 0 Å². The van der Waals surface area contributed by atoms with E-state index >= 15 is 0 Å². The van der Waals surface area contributed by atoms with Crippen molar-refractivity contribution in [2.45, 2.75) is 18.9 Å². The second-order valence-corrected chi connectivity index (χ2v) is 8.56. The average Bonchev–Trinajstić information content (AvgIpc) is 3.51. The van der Waals surface area contributed by atoms with Gasteiger partial charge in [-0.3, -0.25) is 9.48 Å². The Morgan fingerprint density at radius 1 is 1.00 bits per heavy atom. The third-order valence-electron chi connectivity index (χ3n) is 5.63. The second kappa shape index (κ2) is 7.17. The molecule has 3 aromatic heterocycles. The first-order chi connectivity index (χ1) is 15.5. The van der Waals surface area contributed by atoms with E-state index in [4.69, 9.17) is 16.6 Å². The van der Waals surface area contributed by atoms with E-state index in [2.05, 4.69) is 15.5 Å². The Hall–Kier alpha value is -3.71. The first-order valence-corrected chi connectivity index (χ1v) is 10.8. The van der Waals surface area contributed by atoms with Crippen LogP contribution in [-0.2, 0) is 7.05 Å². The summed E-state index contributed by atoms with van der Waals surface area (Å²) < 4.78 is 3.19. The highest BCUT2D eigenvalue weighted by Crippen LogP contribution is 2.29. The lowest BCUT2D eigenvalue weighted by Gasteiger charge is -2.12. The zero-order valence-electron chi connectivity index (χ0n) is 17.3. The quantitative estimate of drug-likeness (QED) is 0.441. The van der Waals surface area contributed by atoms with Gasteiger partial charge in [0.25, 0.3) is 5.56 Å². The topological polar surface area (TPSA) is 77.6 Å². The van der Waals surface area contributed by atoms with E-state index in [1.54, 1.807) is 16.8 Å². The van der Waals surface area contributed by atoms with E-state index in [1.165, 1.54) is 4.68 Å². The lowest BCUT2D eigenvalue weighted by molar-refractivity contribution is 0.780. The first kappa shape index (κ1) is 19.0. The van der Waals surface area contributed by atoms with E-state index in [9.17, 15) is 4.79 Å². The van der Waals surface area contributed by atoms with Crippen molar-refractivity contribution in [2.75, 3.05) is 5.32 Å². The van der Waals surface area contributed by atoms with Crippen LogP contribution >= 0.6 is 11.6 Å². The second-order valence-electron chi connectivity index (χ2n) is 8.13. The van der Waals surface area contributed by atoms with E-state index in [-0.39, 0.29) is 5.56 Å². The number of halogens is 1. The molecule has 0 spiro atoms. The summed E-state index contributed by atoms with van der Waals surface area (Å²) in [5, 5.41) is 14.0. The number of anilines is 1. The number of fused-ring (bicyclic) bond motifs is 2. The predicted octanol–water partition coefficient (Wildman–Crippen LogP) is 4.56. The number of benzene rings is 2. The van der Waals surface area contributed by atoms with E-state index in [0.29, 0.717) is 33.3 Å². The van der Waals surface area contributed by atoms with Crippen molar-refractivity contribution in [1.29, 1.82) is 0 Å². The third kappa shape index (κ3) is 3.31. The Morgan fingerprint density at radius 3 is 2.56 bits per heavy atom. The highest BCUT2D eigenvalue weighted by Gasteiger charge is 2.22. The van der Waals surface area contributed by atoms with Crippen LogP contribution in [0.2, 0.25) is 5.02 Å². The molecule has 7 nitrogen and oxygen atoms in total. The smallest absolute Gasteiger partial charge is 0.281 e. The lowest BCUT2D eigenvalue weighted by atomic mass is 10.1. The van der Waals surface area contributed by atoms with Gasteiger partial charge < -0.3 is 5.32 Å². The highest BCUT2D eigenvalue weighted by atomic mass is 35.5. The zero-order valence-corrected chi connectivity index (χ0v) is 18.0. The molecule has 0 atom stereocenters. The van der Waals surface area contributed by atoms with Crippen LogP contribution in [0.4, 0.5) is 5.82 Å². The summed E-state index contributed by atoms with van der Waals surface area (Å²) in [5.41, 5.74) is 3.76. The van der Waals surface area contributed by atoms with Crippen LogP contribution in [-0.4, -0.2) is 30.6 Å². The van der Waals surface area contributed by atoms with Crippen molar-refractivity contribution in [1.82, 2.24) is 24.5 Å². The molecule has 32 heavy (non-hydrogen) atoms. The number of nitrogens with zero attached hydrogens (tertiary/aromatic N) is 5. The molecule has 0 radical (unpaired) electrons. The Balaban J connectivity index is 1.61. The Kier molecular flexibility index (Phi) is 4.26. The van der Waals surface area contributed by atoms with E-state index < -0.39 is 0 Å². The fourth-order valence-corrected chi connectivity index (χ4v) is 4.04. The van der Waals surface area contributed by atoms with Gasteiger partial charge in [0, 0.05) is 29.7 Å². The minimum Gasteiger partial charge on any atom is -0.367 e. The molecule has 1 saturated carbocycles. The summed E-state index contributed by atoms with van der Waals surface area (Å²) in [6.45, 7) is 0. The van der Waals surface area contributed by atoms with Crippen molar-refractivity contribution in [2.24, 2.45) is 7.05 Å². The molecule has 1 N–H and O–H groups in total. The van der Waals surface area contributed by atoms with Crippen LogP contribution in [0.3, 0.4) is 0 Å². The number of hydrogen-bond donors (Lipinski definition) is 1. The van der Waals surface area contributed by atoms with Gasteiger partial charge in [-0.15, -0.1) is 0 Å². The van der Waals surface area contributed by atoms with Gasteiger partial charge in [-0.2, -0.15) is 14.9 Å². The molecule has 0 aliphatic heterocycles. The largest absolute Gasteiger partial charge is 0.367 e. The minimum absolute atomic E-state index is 0.237. The van der Waals surface area contributed by atoms with Gasteiger partial charge in [-0.1, -0.05) is 23.7 Å². The standard InChI is InChI=1S/C24H19ClN6O/c1-30-13-15-12-18(8-9-19(15)28-30)31-24(32)22(14-2-4-16(25)5-3-14)23-20(29-31)10-11-21(27-23)26-17-6-7-17/h2-5,8-13,17H,6-7H2,1H3,(H,26,27). The monoisotopic (exact) mass is 442 g/mol. The Bertz CT molecular complexity index is 1550. The molecule has 0 bridgehead atoms. The molecular formula is C24H19ClN6O. The summed E-state index contributed by atoms with van der Waals surface area (Å²) in [6.07, 6.45) is 4.20. The zero-order chi connectivity index (χ0) is 21.8. The molecule has 5 aromatic rings. The summed E-state index contributed by atoms with van der Waals surface area (Å²) in [5.74, 6) is 0.756. The number of rotatable bonds is 4. The predicted molar refractivity (Wildman–Crippen MR) is 126 cm³/mol. The molecule has 8 heteroatoms. The lowest BCUT2D eigenvalue weighted by Crippen LogP contribution is -2.23. The molecule has 0 saturated heterocycles. The van der Waals surface area contributed by atoms with Crippen LogP contribution in [0.25, 0.3) is 38.8 Å². The third-order valence-corrected chi connectivity index (χ3v) is 5.89. The highest BCUT2D eigenvalue weighted by molar-refractivity contribution is 6.30. The first-order valence-electron chi connectivity index (χ1n) is 10.5. The maximum absolute atomic E-state index is 13.7. The maximum atomic E-state index is 13.7. The molecule has 0 amide bonds. The van der Waals surface area contributed by atoms with Gasteiger partial charge in [-0.25, -0.2) is 4.98 Å². The number of aromatic nitrogens is 5. The summed E-state index contributed by atoms with van der Waals surface area (Å²) in [7, 11) is 1.87. The molecule has 1 aliphatic rings. The summed E-state index contributed by atoms with van der Waals surface area (Å²) in [6, 6.07) is 17.2. The summed E-state index contributed by atoms with van der Waals surface area (Å²) in [4.78, 5) is 18.5. The molecule has 2 aromatic carbocycles. The molecule has 3 heterocycles. The maximum Gasteiger partial charge on any atom is 0.281 e. The Morgan fingerprint density at radius 2 is 1.78 bits per heavy atom. The minimum atomic E-state index is -0.237. The van der Waals surface area contributed by atoms with Crippen LogP contribution in [0, 0.1) is 0 Å². The summed E-state index contributed by atoms with van der Waals surface area (Å²) >= 11 is 6.10. The molecular weight excluding hydrogens is 424 g/mol. The number of aryl methyl sites for hydroxylation is 1. The molecule has 0 unspecified atom stereocenters. The van der Waals surface area contributed by atoms with Crippen molar-refractivity contribution in [3.8, 4) is 16.8 Å². The van der Waals surface area contributed by atoms with Gasteiger partial charge in [0.05, 0.1) is 16.8 Å². The SMILES string of the molecule is Cn1cc2cc(-n3nc4ccc(NC5CC5)nc4c(-c4ccc(Cl)cc4)c3=O)ccc2n1. The van der Waals surface area contributed by atoms with Crippen LogP contribution < -0.4 is 10.9 Å². The number of nitrogens with one attached hydrogen (secondary N) is 1. The van der Waals surface area contributed by atoms with Crippen molar-refractivity contribution in [3.05, 3.63) is 76.2 Å². The van der Waals surface area contributed by atoms with Crippen LogP contribution in [0.1, 0.15) is 12.8 Å². The number of hydrogen-bond acceptors (Lipinski definition) is 5. The fraction of sp³-hybridized carbons (Fsp3) is 0.167. The van der Waals surface area contributed by atoms with Gasteiger partial charge in [0.1, 0.15) is 16.9 Å². The molecule has 158 valence electrons. The van der Waals surface area contributed by atoms with Crippen LogP contribution in [0.5, 0.6) is 0 Å². The van der Waals surface area contributed by atoms with Crippen LogP contribution in [0.15, 0.2) is 65.6 Å². The van der Waals surface area contributed by atoms with Crippen molar-refractivity contribution < 1.29 is 0 Å². The normalized spacial score (nSPS) is 13.7. The molecule has 1 fully saturated rings. The van der Waals surface area contributed by atoms with Crippen molar-refractivity contribution >= 4 is 39.4 Å². The van der Waals surface area contributed by atoms with E-state index in [0.717, 1.165) is 35.1 Å². The molecule has 6 rings (SSSR count). The van der Waals surface area contributed by atoms with Gasteiger partial charge in [-0.05, 0) is 60.9 Å².